The van der Waals surface area contributed by atoms with Gasteiger partial charge in [-0.25, -0.2) is 9.78 Å². The highest BCUT2D eigenvalue weighted by molar-refractivity contribution is 5.96. The van der Waals surface area contributed by atoms with E-state index in [-0.39, 0.29) is 18.3 Å². The third-order valence-electron chi connectivity index (χ3n) is 3.59. The van der Waals surface area contributed by atoms with Gasteiger partial charge in [0.2, 0.25) is 12.2 Å². The standard InChI is InChI=1S/C16H16N4O3.ClH/c1-9-4-15(21)23-14-6-10(2-3-12(9)14)20-16(22)13(17)5-11-7-18-8-19-11;/h2-4,6-8,13H,5,17H2,1H3,(H,18,19)(H,20,22);1H/t13-;/m0./s1. The molecule has 2 aromatic heterocycles. The fourth-order valence-electron chi connectivity index (χ4n) is 2.40. The van der Waals surface area contributed by atoms with E-state index in [0.29, 0.717) is 17.7 Å². The summed E-state index contributed by atoms with van der Waals surface area (Å²) in [6.45, 7) is 1.83. The topological polar surface area (TPSA) is 115 Å². The smallest absolute Gasteiger partial charge is 0.336 e. The number of carbonyl (C=O) groups is 1. The number of carbonyl (C=O) groups excluding carboxylic acids is 1. The van der Waals surface area contributed by atoms with Gasteiger partial charge in [-0.3, -0.25) is 9.78 Å². The van der Waals surface area contributed by atoms with Crippen molar-refractivity contribution in [1.29, 1.82) is 0 Å². The van der Waals surface area contributed by atoms with Crippen LogP contribution >= 0.6 is 0 Å². The summed E-state index contributed by atoms with van der Waals surface area (Å²) in [5.74, 6) is -0.311. The Morgan fingerprint density at radius 1 is 1.42 bits per heavy atom. The molecule has 7 nitrogen and oxygen atoms in total. The summed E-state index contributed by atoms with van der Waals surface area (Å²) in [6.07, 6.45) is 3.80. The van der Waals surface area contributed by atoms with Gasteiger partial charge in [0.1, 0.15) is 17.5 Å². The van der Waals surface area contributed by atoms with Crippen LogP contribution in [-0.4, -0.2) is 16.9 Å². The number of aromatic nitrogens is 2. The molecule has 0 aliphatic heterocycles. The fourth-order valence-corrected chi connectivity index (χ4v) is 2.40. The maximum Gasteiger partial charge on any atom is 0.336 e. The van der Waals surface area contributed by atoms with Gasteiger partial charge in [-0.2, -0.15) is 0 Å². The molecule has 0 saturated heterocycles. The Hall–Kier alpha value is -2.64. The largest absolute Gasteiger partial charge is 1.00 e. The Bertz CT molecular complexity index is 905. The van der Waals surface area contributed by atoms with E-state index in [1.807, 2.05) is 6.92 Å². The second-order valence-corrected chi connectivity index (χ2v) is 5.38. The number of halogens is 1. The predicted molar refractivity (Wildman–Crippen MR) is 84.9 cm³/mol. The molecule has 3 aromatic rings. The first kappa shape index (κ1) is 17.7. The Kier molecular flexibility index (Phi) is 5.38. The van der Waals surface area contributed by atoms with Gasteiger partial charge in [0, 0.05) is 29.6 Å². The summed E-state index contributed by atoms with van der Waals surface area (Å²) in [5, 5.41) is 3.56. The number of rotatable bonds is 4. The van der Waals surface area contributed by atoms with Gasteiger partial charge in [-0.1, -0.05) is 0 Å². The number of imidazole rings is 1. The molecular formula is C16H17ClN4O3. The lowest BCUT2D eigenvalue weighted by Crippen LogP contribution is -3.00. The van der Waals surface area contributed by atoms with Gasteiger partial charge in [0.15, 0.2) is 0 Å². The Labute approximate surface area is 143 Å². The van der Waals surface area contributed by atoms with Crippen LogP contribution in [0.15, 0.2) is 46.0 Å². The van der Waals surface area contributed by atoms with Crippen LogP contribution < -0.4 is 34.1 Å². The molecule has 0 aliphatic rings. The maximum absolute atomic E-state index is 12.2. The molecule has 1 amide bonds. The average Bonchev–Trinajstić information content (AvgIpc) is 2.99. The molecule has 126 valence electrons. The molecule has 0 radical (unpaired) electrons. The number of anilines is 1. The predicted octanol–water partition coefficient (Wildman–Crippen LogP) is -2.24. The molecule has 24 heavy (non-hydrogen) atoms. The highest BCUT2D eigenvalue weighted by Gasteiger charge is 2.17. The van der Waals surface area contributed by atoms with Crippen molar-refractivity contribution in [3.05, 3.63) is 58.5 Å². The normalized spacial score (nSPS) is 11.8. The first-order valence-electron chi connectivity index (χ1n) is 7.17. The molecule has 1 atom stereocenters. The third-order valence-corrected chi connectivity index (χ3v) is 3.59. The van der Waals surface area contributed by atoms with E-state index in [1.54, 1.807) is 30.7 Å². The SMILES string of the molecule is Cc1cc(=O)oc2cc(NC(=O)[C@@H](N)Cc3c[nH+]c[nH]3)ccc12.[Cl-]. The first-order valence-corrected chi connectivity index (χ1v) is 7.17. The summed E-state index contributed by atoms with van der Waals surface area (Å²) < 4.78 is 5.16. The minimum absolute atomic E-state index is 0. The molecule has 5 N–H and O–H groups in total. The number of benzene rings is 1. The van der Waals surface area contributed by atoms with Crippen LogP contribution in [0.3, 0.4) is 0 Å². The maximum atomic E-state index is 12.2. The van der Waals surface area contributed by atoms with Crippen LogP contribution in [-0.2, 0) is 11.2 Å². The number of H-pyrrole nitrogens is 2. The highest BCUT2D eigenvalue weighted by Crippen LogP contribution is 2.20. The Morgan fingerprint density at radius 2 is 2.21 bits per heavy atom. The summed E-state index contributed by atoms with van der Waals surface area (Å²) in [7, 11) is 0. The van der Waals surface area contributed by atoms with Crippen molar-refractivity contribution in [2.24, 2.45) is 5.73 Å². The molecule has 0 fully saturated rings. The van der Waals surface area contributed by atoms with Crippen molar-refractivity contribution in [2.45, 2.75) is 19.4 Å². The van der Waals surface area contributed by atoms with Gasteiger partial charge in [-0.15, -0.1) is 0 Å². The van der Waals surface area contributed by atoms with Gasteiger partial charge in [-0.05, 0) is 24.6 Å². The number of nitrogens with two attached hydrogens (primary N) is 1. The van der Waals surface area contributed by atoms with E-state index in [4.69, 9.17) is 10.2 Å². The summed E-state index contributed by atoms with van der Waals surface area (Å²) in [5.41, 5.74) is 8.11. The van der Waals surface area contributed by atoms with Crippen LogP contribution in [0.2, 0.25) is 0 Å². The van der Waals surface area contributed by atoms with Crippen LogP contribution in [0.25, 0.3) is 11.0 Å². The summed E-state index contributed by atoms with van der Waals surface area (Å²) in [6, 6.07) is 5.92. The minimum Gasteiger partial charge on any atom is -1.00 e. The lowest BCUT2D eigenvalue weighted by molar-refractivity contribution is -0.376. The lowest BCUT2D eigenvalue weighted by Gasteiger charge is -2.11. The average molecular weight is 349 g/mol. The number of aromatic amines is 2. The molecule has 0 saturated carbocycles. The number of amides is 1. The third kappa shape index (κ3) is 3.81. The monoisotopic (exact) mass is 348 g/mol. The molecule has 8 heteroatoms. The second-order valence-electron chi connectivity index (χ2n) is 5.38. The van der Waals surface area contributed by atoms with Crippen molar-refractivity contribution in [2.75, 3.05) is 5.32 Å². The quantitative estimate of drug-likeness (QED) is 0.462. The van der Waals surface area contributed by atoms with Gasteiger partial charge in [0.05, 0.1) is 6.04 Å². The Balaban J connectivity index is 0.00000208. The molecule has 0 aliphatic carbocycles. The van der Waals surface area contributed by atoms with Crippen molar-refractivity contribution in [1.82, 2.24) is 4.98 Å². The van der Waals surface area contributed by atoms with E-state index in [0.717, 1.165) is 16.6 Å². The molecule has 0 spiro atoms. The fraction of sp³-hybridized carbons (Fsp3) is 0.188. The molecule has 3 rings (SSSR count). The number of fused-ring (bicyclic) bond motifs is 1. The van der Waals surface area contributed by atoms with Crippen LogP contribution in [0, 0.1) is 6.92 Å². The van der Waals surface area contributed by atoms with Crippen molar-refractivity contribution in [3.8, 4) is 0 Å². The number of hydrogen-bond acceptors (Lipinski definition) is 4. The van der Waals surface area contributed by atoms with Crippen LogP contribution in [0.5, 0.6) is 0 Å². The molecule has 2 heterocycles. The highest BCUT2D eigenvalue weighted by atomic mass is 35.5. The van der Waals surface area contributed by atoms with Gasteiger partial charge < -0.3 is 27.9 Å². The molecule has 0 unspecified atom stereocenters. The zero-order valence-corrected chi connectivity index (χ0v) is 13.7. The first-order chi connectivity index (χ1) is 11.0. The number of nitrogens with one attached hydrogen (secondary N) is 3. The summed E-state index contributed by atoms with van der Waals surface area (Å²) >= 11 is 0. The van der Waals surface area contributed by atoms with Crippen molar-refractivity contribution in [3.63, 3.8) is 0 Å². The van der Waals surface area contributed by atoms with Gasteiger partial charge >= 0.3 is 5.63 Å². The van der Waals surface area contributed by atoms with E-state index >= 15 is 0 Å². The van der Waals surface area contributed by atoms with E-state index in [2.05, 4.69) is 15.3 Å². The van der Waals surface area contributed by atoms with Crippen molar-refractivity contribution >= 4 is 22.6 Å². The van der Waals surface area contributed by atoms with Crippen molar-refractivity contribution < 1.29 is 26.6 Å². The van der Waals surface area contributed by atoms with Crippen LogP contribution in [0.4, 0.5) is 5.69 Å². The number of hydrogen-bond donors (Lipinski definition) is 3. The van der Waals surface area contributed by atoms with Gasteiger partial charge in [0.25, 0.3) is 0 Å². The van der Waals surface area contributed by atoms with E-state index < -0.39 is 11.7 Å². The van der Waals surface area contributed by atoms with Crippen LogP contribution in [0.1, 0.15) is 11.3 Å². The van der Waals surface area contributed by atoms with E-state index in [9.17, 15) is 9.59 Å². The van der Waals surface area contributed by atoms with E-state index in [1.165, 1.54) is 6.07 Å². The summed E-state index contributed by atoms with van der Waals surface area (Å²) in [4.78, 5) is 29.4. The Morgan fingerprint density at radius 3 is 2.92 bits per heavy atom. The molecule has 1 aromatic carbocycles. The number of aryl methyl sites for hydroxylation is 1. The second kappa shape index (κ2) is 7.29. The zero-order valence-electron chi connectivity index (χ0n) is 12.9. The molecular weight excluding hydrogens is 332 g/mol. The zero-order chi connectivity index (χ0) is 16.4. The molecule has 0 bridgehead atoms. The minimum atomic E-state index is -0.692. The lowest BCUT2D eigenvalue weighted by atomic mass is 10.1.